The van der Waals surface area contributed by atoms with Crippen LogP contribution >= 0.6 is 24.0 Å². The molecule has 20 heavy (non-hydrogen) atoms. The molecule has 2 rings (SSSR count). The van der Waals surface area contributed by atoms with Gasteiger partial charge in [0.05, 0.1) is 12.1 Å². The molecule has 0 spiro atoms. The fourth-order valence-corrected chi connectivity index (χ4v) is 2.23. The Balaban J connectivity index is 0.00000200. The molecule has 1 atom stereocenters. The Labute approximate surface area is 131 Å². The monoisotopic (exact) mass is 311 g/mol. The number of nitrogens with one attached hydrogen (secondary N) is 1. The minimum atomic E-state index is 0. The standard InChI is InChI=1S/C16H18ClNO.ClH/c1-12(14-6-4-3-5-7-14)18-11-13-8-9-16(19-2)15(17)10-13;/h3-10,12,18H,11H2,1-2H3;1H. The minimum absolute atomic E-state index is 0. The van der Waals surface area contributed by atoms with E-state index in [1.807, 2.05) is 24.3 Å². The van der Waals surface area contributed by atoms with E-state index in [1.54, 1.807) is 7.11 Å². The van der Waals surface area contributed by atoms with Gasteiger partial charge in [-0.25, -0.2) is 0 Å². The zero-order valence-electron chi connectivity index (χ0n) is 11.6. The molecule has 0 bridgehead atoms. The number of ether oxygens (including phenoxy) is 1. The van der Waals surface area contributed by atoms with Crippen molar-refractivity contribution in [3.05, 3.63) is 64.7 Å². The van der Waals surface area contributed by atoms with E-state index < -0.39 is 0 Å². The van der Waals surface area contributed by atoms with Crippen LogP contribution in [0.1, 0.15) is 24.1 Å². The van der Waals surface area contributed by atoms with Gasteiger partial charge < -0.3 is 10.1 Å². The first-order chi connectivity index (χ1) is 9.20. The summed E-state index contributed by atoms with van der Waals surface area (Å²) in [6.07, 6.45) is 0. The van der Waals surface area contributed by atoms with Crippen LogP contribution in [0.5, 0.6) is 5.75 Å². The predicted molar refractivity (Wildman–Crippen MR) is 86.9 cm³/mol. The van der Waals surface area contributed by atoms with E-state index in [4.69, 9.17) is 16.3 Å². The first-order valence-electron chi connectivity index (χ1n) is 6.31. The molecular formula is C16H19Cl2NO. The Morgan fingerprint density at radius 3 is 2.45 bits per heavy atom. The van der Waals surface area contributed by atoms with Gasteiger partial charge in [-0.2, -0.15) is 0 Å². The lowest BCUT2D eigenvalue weighted by Gasteiger charge is -2.14. The normalized spacial score (nSPS) is 11.6. The average molecular weight is 312 g/mol. The summed E-state index contributed by atoms with van der Waals surface area (Å²) in [5.74, 6) is 0.710. The maximum Gasteiger partial charge on any atom is 0.137 e. The number of hydrogen-bond donors (Lipinski definition) is 1. The van der Waals surface area contributed by atoms with E-state index in [-0.39, 0.29) is 12.4 Å². The van der Waals surface area contributed by atoms with E-state index in [1.165, 1.54) is 5.56 Å². The summed E-state index contributed by atoms with van der Waals surface area (Å²) in [6, 6.07) is 16.5. The second kappa shape index (κ2) is 8.15. The molecule has 4 heteroatoms. The highest BCUT2D eigenvalue weighted by atomic mass is 35.5. The van der Waals surface area contributed by atoms with E-state index >= 15 is 0 Å². The van der Waals surface area contributed by atoms with Crippen molar-refractivity contribution in [2.24, 2.45) is 0 Å². The molecule has 0 saturated carbocycles. The summed E-state index contributed by atoms with van der Waals surface area (Å²) >= 11 is 6.11. The summed E-state index contributed by atoms with van der Waals surface area (Å²) in [6.45, 7) is 2.93. The lowest BCUT2D eigenvalue weighted by atomic mass is 10.1. The number of rotatable bonds is 5. The molecular weight excluding hydrogens is 293 g/mol. The zero-order chi connectivity index (χ0) is 13.7. The third kappa shape index (κ3) is 4.41. The van der Waals surface area contributed by atoms with Crippen LogP contribution in [0.3, 0.4) is 0 Å². The Bertz CT molecular complexity index is 531. The molecule has 0 saturated heterocycles. The first-order valence-corrected chi connectivity index (χ1v) is 6.69. The summed E-state index contributed by atoms with van der Waals surface area (Å²) in [7, 11) is 1.62. The molecule has 0 aliphatic heterocycles. The summed E-state index contributed by atoms with van der Waals surface area (Å²) < 4.78 is 5.14. The number of halogens is 2. The van der Waals surface area contributed by atoms with Gasteiger partial charge in [0.1, 0.15) is 5.75 Å². The van der Waals surface area contributed by atoms with Crippen molar-refractivity contribution >= 4 is 24.0 Å². The quantitative estimate of drug-likeness (QED) is 0.870. The Morgan fingerprint density at radius 1 is 1.15 bits per heavy atom. The van der Waals surface area contributed by atoms with Crippen molar-refractivity contribution in [3.63, 3.8) is 0 Å². The van der Waals surface area contributed by atoms with Crippen LogP contribution in [0.4, 0.5) is 0 Å². The molecule has 2 aromatic carbocycles. The smallest absolute Gasteiger partial charge is 0.137 e. The lowest BCUT2D eigenvalue weighted by molar-refractivity contribution is 0.414. The van der Waals surface area contributed by atoms with Crippen LogP contribution < -0.4 is 10.1 Å². The zero-order valence-corrected chi connectivity index (χ0v) is 13.2. The summed E-state index contributed by atoms with van der Waals surface area (Å²) in [5.41, 5.74) is 2.43. The molecule has 1 unspecified atom stereocenters. The second-order valence-electron chi connectivity index (χ2n) is 4.48. The first kappa shape index (κ1) is 16.8. The molecule has 0 radical (unpaired) electrons. The third-order valence-corrected chi connectivity index (χ3v) is 3.42. The molecule has 0 aliphatic rings. The Morgan fingerprint density at radius 2 is 1.85 bits per heavy atom. The van der Waals surface area contributed by atoms with Gasteiger partial charge in [0.15, 0.2) is 0 Å². The van der Waals surface area contributed by atoms with Gasteiger partial charge in [0.2, 0.25) is 0 Å². The predicted octanol–water partition coefficient (Wildman–Crippen LogP) is 4.62. The molecule has 0 heterocycles. The molecule has 0 amide bonds. The van der Waals surface area contributed by atoms with Crippen LogP contribution in [0.25, 0.3) is 0 Å². The van der Waals surface area contributed by atoms with Crippen LogP contribution in [-0.2, 0) is 6.54 Å². The molecule has 1 N–H and O–H groups in total. The van der Waals surface area contributed by atoms with Crippen LogP contribution in [0.15, 0.2) is 48.5 Å². The molecule has 2 aromatic rings. The van der Waals surface area contributed by atoms with Crippen molar-refractivity contribution in [1.82, 2.24) is 5.32 Å². The van der Waals surface area contributed by atoms with Gasteiger partial charge in [-0.3, -0.25) is 0 Å². The van der Waals surface area contributed by atoms with Crippen molar-refractivity contribution in [2.45, 2.75) is 19.5 Å². The highest BCUT2D eigenvalue weighted by Gasteiger charge is 2.05. The second-order valence-corrected chi connectivity index (χ2v) is 4.89. The fraction of sp³-hybridized carbons (Fsp3) is 0.250. The van der Waals surface area contributed by atoms with Crippen LogP contribution in [0, 0.1) is 0 Å². The maximum atomic E-state index is 6.11. The van der Waals surface area contributed by atoms with Crippen LogP contribution in [-0.4, -0.2) is 7.11 Å². The SMILES string of the molecule is COc1ccc(CNC(C)c2ccccc2)cc1Cl.Cl. The number of benzene rings is 2. The van der Waals surface area contributed by atoms with E-state index in [0.717, 1.165) is 12.1 Å². The van der Waals surface area contributed by atoms with Crippen molar-refractivity contribution in [1.29, 1.82) is 0 Å². The number of methoxy groups -OCH3 is 1. The van der Waals surface area contributed by atoms with Gasteiger partial charge in [-0.1, -0.05) is 48.0 Å². The van der Waals surface area contributed by atoms with Gasteiger partial charge in [-0.05, 0) is 30.2 Å². The van der Waals surface area contributed by atoms with E-state index in [9.17, 15) is 0 Å². The van der Waals surface area contributed by atoms with Crippen LogP contribution in [0.2, 0.25) is 5.02 Å². The van der Waals surface area contributed by atoms with Crippen molar-refractivity contribution < 1.29 is 4.74 Å². The van der Waals surface area contributed by atoms with E-state index in [2.05, 4.69) is 36.5 Å². The van der Waals surface area contributed by atoms with Gasteiger partial charge in [0, 0.05) is 12.6 Å². The topological polar surface area (TPSA) is 21.3 Å². The van der Waals surface area contributed by atoms with E-state index in [0.29, 0.717) is 16.8 Å². The van der Waals surface area contributed by atoms with Crippen molar-refractivity contribution in [2.75, 3.05) is 7.11 Å². The molecule has 0 fully saturated rings. The average Bonchev–Trinajstić information content (AvgIpc) is 2.46. The van der Waals surface area contributed by atoms with Crippen molar-refractivity contribution in [3.8, 4) is 5.75 Å². The van der Waals surface area contributed by atoms with Gasteiger partial charge in [0.25, 0.3) is 0 Å². The fourth-order valence-electron chi connectivity index (χ4n) is 1.95. The molecule has 2 nitrogen and oxygen atoms in total. The Kier molecular flexibility index (Phi) is 6.86. The third-order valence-electron chi connectivity index (χ3n) is 3.13. The largest absolute Gasteiger partial charge is 0.495 e. The highest BCUT2D eigenvalue weighted by Crippen LogP contribution is 2.25. The Hall–Kier alpha value is -1.22. The molecule has 0 aliphatic carbocycles. The maximum absolute atomic E-state index is 6.11. The molecule has 0 aromatic heterocycles. The summed E-state index contributed by atoms with van der Waals surface area (Å²) in [5, 5.41) is 4.13. The summed E-state index contributed by atoms with van der Waals surface area (Å²) in [4.78, 5) is 0. The highest BCUT2D eigenvalue weighted by molar-refractivity contribution is 6.32. The van der Waals surface area contributed by atoms with Gasteiger partial charge >= 0.3 is 0 Å². The number of hydrogen-bond acceptors (Lipinski definition) is 2. The van der Waals surface area contributed by atoms with Gasteiger partial charge in [-0.15, -0.1) is 12.4 Å². The lowest BCUT2D eigenvalue weighted by Crippen LogP contribution is -2.17. The molecule has 108 valence electrons. The minimum Gasteiger partial charge on any atom is -0.495 e.